The zero-order valence-corrected chi connectivity index (χ0v) is 15.2. The van der Waals surface area contributed by atoms with Gasteiger partial charge in [0.15, 0.2) is 0 Å². The van der Waals surface area contributed by atoms with E-state index in [9.17, 15) is 30.0 Å². The van der Waals surface area contributed by atoms with Crippen molar-refractivity contribution >= 4 is 20.0 Å². The minimum Gasteiger partial charge on any atom is -0.405 e. The molecule has 0 radical (unpaired) electrons. The van der Waals surface area contributed by atoms with Crippen molar-refractivity contribution in [3.8, 4) is 5.75 Å². The fourth-order valence-corrected chi connectivity index (χ4v) is 3.53. The third-order valence-electron chi connectivity index (χ3n) is 3.13. The van der Waals surface area contributed by atoms with Crippen molar-refractivity contribution in [2.45, 2.75) is 19.8 Å². The van der Waals surface area contributed by atoms with Gasteiger partial charge in [0.1, 0.15) is 5.75 Å². The molecule has 0 saturated carbocycles. The van der Waals surface area contributed by atoms with Crippen LogP contribution in [0.5, 0.6) is 5.75 Å². The monoisotopic (exact) mass is 404 g/mol. The molecule has 12 heteroatoms. The molecule has 1 N–H and O–H groups in total. The summed E-state index contributed by atoms with van der Waals surface area (Å²) in [6.07, 6.45) is -4.90. The maximum absolute atomic E-state index is 12.4. The Hall–Kier alpha value is -1.37. The molecule has 1 aromatic carbocycles. The quantitative estimate of drug-likeness (QED) is 0.670. The molecule has 0 aliphatic heterocycles. The second kappa shape index (κ2) is 8.34. The lowest BCUT2D eigenvalue weighted by Gasteiger charge is -2.19. The normalized spacial score (nSPS) is 13.2. The SMILES string of the molecule is CCS(=O)(=O)NCCS(=O)(=O)N(C)Cc1ccccc1OC(F)(F)F. The number of alkyl halides is 3. The zero-order chi connectivity index (χ0) is 19.3. The second-order valence-electron chi connectivity index (χ2n) is 5.03. The molecular formula is C13H19F3N2O5S2. The van der Waals surface area contributed by atoms with E-state index in [0.717, 1.165) is 10.4 Å². The van der Waals surface area contributed by atoms with Crippen LogP contribution in [-0.2, 0) is 26.6 Å². The predicted molar refractivity (Wildman–Crippen MR) is 85.8 cm³/mol. The largest absolute Gasteiger partial charge is 0.573 e. The van der Waals surface area contributed by atoms with Crippen molar-refractivity contribution in [3.05, 3.63) is 29.8 Å². The summed E-state index contributed by atoms with van der Waals surface area (Å²) in [6.45, 7) is 0.721. The number of hydrogen-bond acceptors (Lipinski definition) is 5. The van der Waals surface area contributed by atoms with E-state index in [1.165, 1.54) is 32.2 Å². The molecule has 0 heterocycles. The highest BCUT2D eigenvalue weighted by Crippen LogP contribution is 2.27. The molecule has 0 fully saturated rings. The summed E-state index contributed by atoms with van der Waals surface area (Å²) in [5.41, 5.74) is 0.0278. The van der Waals surface area contributed by atoms with Crippen LogP contribution < -0.4 is 9.46 Å². The Balaban J connectivity index is 2.79. The average molecular weight is 404 g/mol. The first kappa shape index (κ1) is 21.7. The van der Waals surface area contributed by atoms with Crippen molar-refractivity contribution in [2.24, 2.45) is 0 Å². The van der Waals surface area contributed by atoms with Gasteiger partial charge in [-0.3, -0.25) is 0 Å². The molecule has 0 amide bonds. The number of benzene rings is 1. The van der Waals surface area contributed by atoms with E-state index in [2.05, 4.69) is 9.46 Å². The van der Waals surface area contributed by atoms with Gasteiger partial charge in [-0.2, -0.15) is 0 Å². The summed E-state index contributed by atoms with van der Waals surface area (Å²) in [5, 5.41) is 0. The van der Waals surface area contributed by atoms with Gasteiger partial charge in [-0.05, 0) is 13.0 Å². The van der Waals surface area contributed by atoms with Crippen molar-refractivity contribution in [2.75, 3.05) is 25.1 Å². The highest BCUT2D eigenvalue weighted by atomic mass is 32.2. The standard InChI is InChI=1S/C13H19F3N2O5S2/c1-3-24(19,20)17-8-9-25(21,22)18(2)10-11-6-4-5-7-12(11)23-13(14,15)16/h4-7,17H,3,8-10H2,1-2H3. The van der Waals surface area contributed by atoms with Crippen molar-refractivity contribution in [1.82, 2.24) is 9.03 Å². The maximum Gasteiger partial charge on any atom is 0.573 e. The molecule has 0 spiro atoms. The highest BCUT2D eigenvalue weighted by molar-refractivity contribution is 7.90. The van der Waals surface area contributed by atoms with E-state index < -0.39 is 37.9 Å². The van der Waals surface area contributed by atoms with Crippen LogP contribution in [0, 0.1) is 0 Å². The Kier molecular flexibility index (Phi) is 7.23. The number of halogens is 3. The molecule has 1 rings (SSSR count). The van der Waals surface area contributed by atoms with E-state index in [4.69, 9.17) is 0 Å². The topological polar surface area (TPSA) is 92.8 Å². The smallest absolute Gasteiger partial charge is 0.405 e. The fraction of sp³-hybridized carbons (Fsp3) is 0.538. The number of ether oxygens (including phenoxy) is 1. The van der Waals surface area contributed by atoms with Crippen molar-refractivity contribution < 1.29 is 34.7 Å². The van der Waals surface area contributed by atoms with Gasteiger partial charge in [-0.25, -0.2) is 25.9 Å². The molecule has 1 aromatic rings. The van der Waals surface area contributed by atoms with Gasteiger partial charge in [-0.15, -0.1) is 13.2 Å². The molecule has 0 unspecified atom stereocenters. The summed E-state index contributed by atoms with van der Waals surface area (Å²) in [6, 6.07) is 5.18. The van der Waals surface area contributed by atoms with Crippen molar-refractivity contribution in [1.29, 1.82) is 0 Å². The minimum absolute atomic E-state index is 0.0278. The summed E-state index contributed by atoms with van der Waals surface area (Å²) in [7, 11) is -6.22. The van der Waals surface area contributed by atoms with Gasteiger partial charge in [0, 0.05) is 25.7 Å². The highest BCUT2D eigenvalue weighted by Gasteiger charge is 2.32. The summed E-state index contributed by atoms with van der Waals surface area (Å²) < 4.78 is 90.8. The average Bonchev–Trinajstić information content (AvgIpc) is 2.47. The molecule has 144 valence electrons. The lowest BCUT2D eigenvalue weighted by atomic mass is 10.2. The number of rotatable bonds is 9. The molecule has 0 saturated heterocycles. The maximum atomic E-state index is 12.4. The van der Waals surface area contributed by atoms with Crippen LogP contribution in [0.1, 0.15) is 12.5 Å². The van der Waals surface area contributed by atoms with Gasteiger partial charge in [0.05, 0.1) is 11.5 Å². The van der Waals surface area contributed by atoms with Crippen LogP contribution in [0.4, 0.5) is 13.2 Å². The molecule has 0 aromatic heterocycles. The Labute approximate surface area is 144 Å². The first-order valence-corrected chi connectivity index (χ1v) is 10.4. The van der Waals surface area contributed by atoms with Gasteiger partial charge in [-0.1, -0.05) is 18.2 Å². The fourth-order valence-electron chi connectivity index (χ4n) is 1.78. The number of para-hydroxylation sites is 1. The summed E-state index contributed by atoms with van der Waals surface area (Å²) in [5.74, 6) is -1.21. The molecule has 0 atom stereocenters. The molecule has 7 nitrogen and oxygen atoms in total. The first-order chi connectivity index (χ1) is 11.4. The van der Waals surface area contributed by atoms with Crippen LogP contribution in [0.3, 0.4) is 0 Å². The van der Waals surface area contributed by atoms with Crippen LogP contribution >= 0.6 is 0 Å². The van der Waals surface area contributed by atoms with E-state index >= 15 is 0 Å². The third kappa shape index (κ3) is 7.59. The van der Waals surface area contributed by atoms with Gasteiger partial charge < -0.3 is 4.74 Å². The Morgan fingerprint density at radius 1 is 1.16 bits per heavy atom. The molecule has 0 bridgehead atoms. The van der Waals surface area contributed by atoms with Gasteiger partial charge in [0.25, 0.3) is 0 Å². The molecular weight excluding hydrogens is 385 g/mol. The van der Waals surface area contributed by atoms with E-state index in [1.807, 2.05) is 0 Å². The van der Waals surface area contributed by atoms with E-state index in [-0.39, 0.29) is 24.4 Å². The summed E-state index contributed by atoms with van der Waals surface area (Å²) in [4.78, 5) is 0. The third-order valence-corrected chi connectivity index (χ3v) is 6.33. The Morgan fingerprint density at radius 2 is 1.76 bits per heavy atom. The molecule has 25 heavy (non-hydrogen) atoms. The zero-order valence-electron chi connectivity index (χ0n) is 13.6. The van der Waals surface area contributed by atoms with E-state index in [0.29, 0.717) is 0 Å². The van der Waals surface area contributed by atoms with Crippen LogP contribution in [0.25, 0.3) is 0 Å². The number of hydrogen-bond donors (Lipinski definition) is 1. The number of nitrogens with zero attached hydrogens (tertiary/aromatic N) is 1. The van der Waals surface area contributed by atoms with E-state index in [1.54, 1.807) is 0 Å². The summed E-state index contributed by atoms with van der Waals surface area (Å²) >= 11 is 0. The number of nitrogens with one attached hydrogen (secondary N) is 1. The Bertz CT molecular complexity index is 779. The first-order valence-electron chi connectivity index (χ1n) is 7.11. The predicted octanol–water partition coefficient (Wildman–Crippen LogP) is 1.29. The minimum atomic E-state index is -4.90. The van der Waals surface area contributed by atoms with Crippen LogP contribution in [0.2, 0.25) is 0 Å². The van der Waals surface area contributed by atoms with Gasteiger partial charge in [0.2, 0.25) is 20.0 Å². The molecule has 0 aliphatic rings. The lowest BCUT2D eigenvalue weighted by Crippen LogP contribution is -2.36. The number of sulfonamides is 2. The van der Waals surface area contributed by atoms with Crippen LogP contribution in [-0.4, -0.2) is 52.6 Å². The molecule has 0 aliphatic carbocycles. The van der Waals surface area contributed by atoms with Gasteiger partial charge >= 0.3 is 6.36 Å². The van der Waals surface area contributed by atoms with Crippen LogP contribution in [0.15, 0.2) is 24.3 Å². The van der Waals surface area contributed by atoms with Crippen molar-refractivity contribution in [3.63, 3.8) is 0 Å². The second-order valence-corrected chi connectivity index (χ2v) is 9.32. The Morgan fingerprint density at radius 3 is 2.32 bits per heavy atom. The lowest BCUT2D eigenvalue weighted by molar-refractivity contribution is -0.274.